The monoisotopic (exact) mass is 277 g/mol. The summed E-state index contributed by atoms with van der Waals surface area (Å²) in [5.41, 5.74) is 1.56. The van der Waals surface area contributed by atoms with Crippen LogP contribution in [0.15, 0.2) is 24.3 Å². The van der Waals surface area contributed by atoms with Crippen LogP contribution in [0.1, 0.15) is 35.7 Å². The number of hydrogen-bond donors (Lipinski definition) is 1. The molecule has 1 amide bonds. The molecule has 0 bridgehead atoms. The maximum Gasteiger partial charge on any atom is 0.303 e. The topological polar surface area (TPSA) is 74.7 Å². The number of carboxylic acid groups (broad SMARTS) is 1. The molecule has 0 saturated carbocycles. The number of benzene rings is 1. The van der Waals surface area contributed by atoms with Crippen molar-refractivity contribution in [1.29, 1.82) is 0 Å². The Morgan fingerprint density at radius 2 is 1.70 bits per heavy atom. The lowest BCUT2D eigenvalue weighted by Crippen LogP contribution is -2.26. The van der Waals surface area contributed by atoms with E-state index in [2.05, 4.69) is 0 Å². The molecule has 0 aliphatic carbocycles. The van der Waals surface area contributed by atoms with Crippen LogP contribution in [0.5, 0.6) is 0 Å². The van der Waals surface area contributed by atoms with Crippen LogP contribution in [-0.4, -0.2) is 41.3 Å². The number of hydrogen-bond acceptors (Lipinski definition) is 3. The first-order chi connectivity index (χ1) is 9.40. The van der Waals surface area contributed by atoms with Gasteiger partial charge in [0.05, 0.1) is 6.42 Å². The van der Waals surface area contributed by atoms with Gasteiger partial charge in [0.2, 0.25) is 5.91 Å². The summed E-state index contributed by atoms with van der Waals surface area (Å²) in [5, 5.41) is 8.54. The number of carboxylic acids is 1. The number of ketones is 1. The third kappa shape index (κ3) is 5.22. The summed E-state index contributed by atoms with van der Waals surface area (Å²) in [6, 6.07) is 7.07. The highest BCUT2D eigenvalue weighted by molar-refractivity contribution is 5.97. The summed E-state index contributed by atoms with van der Waals surface area (Å²) in [7, 11) is 1.74. The quantitative estimate of drug-likeness (QED) is 0.770. The Bertz CT molecular complexity index is 493. The van der Waals surface area contributed by atoms with Crippen LogP contribution in [0.2, 0.25) is 0 Å². The van der Waals surface area contributed by atoms with E-state index in [9.17, 15) is 14.4 Å². The van der Waals surface area contributed by atoms with Gasteiger partial charge in [-0.3, -0.25) is 14.4 Å². The molecule has 0 aromatic heterocycles. The van der Waals surface area contributed by atoms with Crippen molar-refractivity contribution < 1.29 is 19.5 Å². The summed E-state index contributed by atoms with van der Waals surface area (Å²) in [6.07, 6.45) is 0.589. The highest BCUT2D eigenvalue weighted by atomic mass is 16.4. The second kappa shape index (κ2) is 7.43. The van der Waals surface area contributed by atoms with Crippen molar-refractivity contribution in [3.05, 3.63) is 35.4 Å². The molecule has 108 valence electrons. The van der Waals surface area contributed by atoms with Gasteiger partial charge in [0.1, 0.15) is 0 Å². The summed E-state index contributed by atoms with van der Waals surface area (Å²) >= 11 is 0. The van der Waals surface area contributed by atoms with Gasteiger partial charge in [-0.2, -0.15) is 0 Å². The van der Waals surface area contributed by atoms with E-state index in [-0.39, 0.29) is 24.5 Å². The molecule has 1 rings (SSSR count). The van der Waals surface area contributed by atoms with E-state index in [4.69, 9.17) is 5.11 Å². The van der Waals surface area contributed by atoms with Crippen molar-refractivity contribution in [3.8, 4) is 0 Å². The number of carbonyl (C=O) groups is 3. The predicted octanol–water partition coefficient (Wildman–Crippen LogP) is 1.75. The molecule has 1 aromatic rings. The van der Waals surface area contributed by atoms with E-state index in [0.29, 0.717) is 12.1 Å². The normalized spacial score (nSPS) is 10.1. The summed E-state index contributed by atoms with van der Waals surface area (Å²) in [5.74, 6) is -1.12. The number of nitrogens with zero attached hydrogens (tertiary/aromatic N) is 1. The molecule has 0 aliphatic rings. The molecule has 5 nitrogen and oxygen atoms in total. The van der Waals surface area contributed by atoms with E-state index in [1.54, 1.807) is 24.1 Å². The van der Waals surface area contributed by atoms with Crippen molar-refractivity contribution in [2.75, 3.05) is 13.6 Å². The van der Waals surface area contributed by atoms with Crippen LogP contribution in [0.4, 0.5) is 0 Å². The number of carbonyl (C=O) groups excluding carboxylic acids is 2. The van der Waals surface area contributed by atoms with Gasteiger partial charge in [0, 0.05) is 32.5 Å². The molecular weight excluding hydrogens is 258 g/mol. The van der Waals surface area contributed by atoms with Gasteiger partial charge in [0.15, 0.2) is 5.78 Å². The Morgan fingerprint density at radius 3 is 2.20 bits per heavy atom. The fraction of sp³-hybridized carbons (Fsp3) is 0.400. The first kappa shape index (κ1) is 15.9. The maximum absolute atomic E-state index is 11.7. The minimum atomic E-state index is -0.970. The lowest BCUT2D eigenvalue weighted by molar-refractivity contribution is -0.137. The second-order valence-electron chi connectivity index (χ2n) is 4.70. The van der Waals surface area contributed by atoms with Gasteiger partial charge in [-0.25, -0.2) is 0 Å². The van der Waals surface area contributed by atoms with Crippen LogP contribution >= 0.6 is 0 Å². The third-order valence-corrected chi connectivity index (χ3v) is 3.12. The SMILES string of the molecule is CC(=O)N(C)CCc1ccc(C(=O)CCC(=O)O)cc1. The second-order valence-corrected chi connectivity index (χ2v) is 4.70. The van der Waals surface area contributed by atoms with Crippen molar-refractivity contribution in [3.63, 3.8) is 0 Å². The van der Waals surface area contributed by atoms with Crippen molar-refractivity contribution in [2.45, 2.75) is 26.2 Å². The lowest BCUT2D eigenvalue weighted by Gasteiger charge is -2.14. The summed E-state index contributed by atoms with van der Waals surface area (Å²) in [4.78, 5) is 34.8. The van der Waals surface area contributed by atoms with Crippen LogP contribution in [0, 0.1) is 0 Å². The average Bonchev–Trinajstić information content (AvgIpc) is 2.42. The molecule has 0 radical (unpaired) electrons. The summed E-state index contributed by atoms with van der Waals surface area (Å²) in [6.45, 7) is 2.14. The zero-order valence-electron chi connectivity index (χ0n) is 11.8. The van der Waals surface area contributed by atoms with Crippen molar-refractivity contribution in [2.24, 2.45) is 0 Å². The Balaban J connectivity index is 2.53. The number of likely N-dealkylation sites (N-methyl/N-ethyl adjacent to an activating group) is 1. The highest BCUT2D eigenvalue weighted by Crippen LogP contribution is 2.09. The standard InChI is InChI=1S/C15H19NO4/c1-11(17)16(2)10-9-12-3-5-13(6-4-12)14(18)7-8-15(19)20/h3-6H,7-10H2,1-2H3,(H,19,20). The number of Topliss-reactive ketones (excluding diaryl/α,β-unsaturated/α-hetero) is 1. The Hall–Kier alpha value is -2.17. The maximum atomic E-state index is 11.7. The Morgan fingerprint density at radius 1 is 1.10 bits per heavy atom. The van der Waals surface area contributed by atoms with Crippen molar-refractivity contribution in [1.82, 2.24) is 4.90 Å². The Labute approximate surface area is 118 Å². The smallest absolute Gasteiger partial charge is 0.303 e. The van der Waals surface area contributed by atoms with E-state index in [0.717, 1.165) is 12.0 Å². The fourth-order valence-electron chi connectivity index (χ4n) is 1.68. The average molecular weight is 277 g/mol. The zero-order valence-corrected chi connectivity index (χ0v) is 11.8. The highest BCUT2D eigenvalue weighted by Gasteiger charge is 2.08. The number of amides is 1. The van der Waals surface area contributed by atoms with E-state index < -0.39 is 5.97 Å². The van der Waals surface area contributed by atoms with Crippen LogP contribution in [0.3, 0.4) is 0 Å². The van der Waals surface area contributed by atoms with E-state index in [1.807, 2.05) is 12.1 Å². The summed E-state index contributed by atoms with van der Waals surface area (Å²) < 4.78 is 0. The van der Waals surface area contributed by atoms with Crippen molar-refractivity contribution >= 4 is 17.7 Å². The third-order valence-electron chi connectivity index (χ3n) is 3.12. The van der Waals surface area contributed by atoms with Crippen LogP contribution in [-0.2, 0) is 16.0 Å². The molecule has 20 heavy (non-hydrogen) atoms. The van der Waals surface area contributed by atoms with E-state index >= 15 is 0 Å². The van der Waals surface area contributed by atoms with Gasteiger partial charge in [0.25, 0.3) is 0 Å². The van der Waals surface area contributed by atoms with Crippen LogP contribution < -0.4 is 0 Å². The van der Waals surface area contributed by atoms with Gasteiger partial charge in [-0.05, 0) is 12.0 Å². The van der Waals surface area contributed by atoms with Gasteiger partial charge < -0.3 is 10.0 Å². The molecular formula is C15H19NO4. The van der Waals surface area contributed by atoms with Crippen LogP contribution in [0.25, 0.3) is 0 Å². The molecule has 0 atom stereocenters. The Kier molecular flexibility index (Phi) is 5.90. The fourth-order valence-corrected chi connectivity index (χ4v) is 1.68. The molecule has 1 aromatic carbocycles. The van der Waals surface area contributed by atoms with Gasteiger partial charge in [-0.15, -0.1) is 0 Å². The molecule has 0 aliphatic heterocycles. The first-order valence-corrected chi connectivity index (χ1v) is 6.46. The molecule has 0 fully saturated rings. The lowest BCUT2D eigenvalue weighted by atomic mass is 10.0. The van der Waals surface area contributed by atoms with Gasteiger partial charge in [-0.1, -0.05) is 24.3 Å². The number of aliphatic carboxylic acids is 1. The number of rotatable bonds is 7. The minimum Gasteiger partial charge on any atom is -0.481 e. The van der Waals surface area contributed by atoms with Gasteiger partial charge >= 0.3 is 5.97 Å². The predicted molar refractivity (Wildman–Crippen MR) is 74.7 cm³/mol. The molecule has 0 saturated heterocycles. The minimum absolute atomic E-state index is 0.0156. The molecule has 0 heterocycles. The molecule has 0 unspecified atom stereocenters. The van der Waals surface area contributed by atoms with E-state index in [1.165, 1.54) is 6.92 Å². The zero-order chi connectivity index (χ0) is 15.1. The molecule has 1 N–H and O–H groups in total. The molecule has 5 heteroatoms. The largest absolute Gasteiger partial charge is 0.481 e. The molecule has 0 spiro atoms. The first-order valence-electron chi connectivity index (χ1n) is 6.46.